The molecule has 1 aromatic rings. The van der Waals surface area contributed by atoms with E-state index in [2.05, 4.69) is 5.32 Å². The highest BCUT2D eigenvalue weighted by Gasteiger charge is 2.38. The van der Waals surface area contributed by atoms with Crippen molar-refractivity contribution in [2.24, 2.45) is 11.8 Å². The molecule has 0 aromatic heterocycles. The number of halogens is 2. The molecule has 1 N–H and O–H groups in total. The monoisotopic (exact) mass is 268 g/mol. The number of rotatable bonds is 1. The summed E-state index contributed by atoms with van der Waals surface area (Å²) in [7, 11) is 0. The standard InChI is InChI=1S/C13H14ClFN2O/c14-11-3-8(1-2-12(11)15)13(18)17-6-9-4-16-5-10(9)7-17/h1-3,9-10,16H,4-7H2. The van der Waals surface area contributed by atoms with Gasteiger partial charge >= 0.3 is 0 Å². The summed E-state index contributed by atoms with van der Waals surface area (Å²) in [5.74, 6) is 0.580. The lowest BCUT2D eigenvalue weighted by Gasteiger charge is -2.17. The van der Waals surface area contributed by atoms with Gasteiger partial charge in [0.25, 0.3) is 5.91 Å². The predicted octanol–water partition coefficient (Wildman–Crippen LogP) is 1.77. The number of hydrogen-bond donors (Lipinski definition) is 1. The van der Waals surface area contributed by atoms with Crippen LogP contribution in [0.5, 0.6) is 0 Å². The molecule has 2 unspecified atom stereocenters. The van der Waals surface area contributed by atoms with Crippen molar-refractivity contribution in [1.82, 2.24) is 10.2 Å². The minimum Gasteiger partial charge on any atom is -0.338 e. The lowest BCUT2D eigenvalue weighted by molar-refractivity contribution is 0.0781. The molecule has 0 radical (unpaired) electrons. The number of nitrogens with one attached hydrogen (secondary N) is 1. The summed E-state index contributed by atoms with van der Waals surface area (Å²) in [5, 5.41) is 3.33. The van der Waals surface area contributed by atoms with Gasteiger partial charge in [-0.3, -0.25) is 4.79 Å². The first-order valence-electron chi connectivity index (χ1n) is 6.10. The fourth-order valence-electron chi connectivity index (χ4n) is 2.83. The van der Waals surface area contributed by atoms with E-state index in [1.807, 2.05) is 4.90 Å². The maximum Gasteiger partial charge on any atom is 0.253 e. The Morgan fingerprint density at radius 1 is 1.33 bits per heavy atom. The molecule has 2 heterocycles. The van der Waals surface area contributed by atoms with Gasteiger partial charge in [0.1, 0.15) is 5.82 Å². The van der Waals surface area contributed by atoms with E-state index >= 15 is 0 Å². The van der Waals surface area contributed by atoms with Crippen molar-refractivity contribution < 1.29 is 9.18 Å². The molecule has 3 rings (SSSR count). The van der Waals surface area contributed by atoms with Gasteiger partial charge in [-0.15, -0.1) is 0 Å². The summed E-state index contributed by atoms with van der Waals surface area (Å²) < 4.78 is 13.1. The lowest BCUT2D eigenvalue weighted by atomic mass is 10.0. The first-order valence-corrected chi connectivity index (χ1v) is 6.48. The highest BCUT2D eigenvalue weighted by molar-refractivity contribution is 6.31. The fraction of sp³-hybridized carbons (Fsp3) is 0.462. The summed E-state index contributed by atoms with van der Waals surface area (Å²) in [6.45, 7) is 3.54. The smallest absolute Gasteiger partial charge is 0.253 e. The Bertz CT molecular complexity index is 482. The molecule has 1 aromatic carbocycles. The SMILES string of the molecule is O=C(c1ccc(F)c(Cl)c1)N1CC2CNCC2C1. The van der Waals surface area contributed by atoms with Crippen LogP contribution in [0.1, 0.15) is 10.4 Å². The van der Waals surface area contributed by atoms with Crippen LogP contribution in [0.25, 0.3) is 0 Å². The third-order valence-corrected chi connectivity index (χ3v) is 4.13. The summed E-state index contributed by atoms with van der Waals surface area (Å²) in [6.07, 6.45) is 0. The summed E-state index contributed by atoms with van der Waals surface area (Å²) in [5.41, 5.74) is 0.467. The number of fused-ring (bicyclic) bond motifs is 1. The van der Waals surface area contributed by atoms with E-state index in [0.29, 0.717) is 17.4 Å². The van der Waals surface area contributed by atoms with Crippen LogP contribution in [0.3, 0.4) is 0 Å². The second-order valence-corrected chi connectivity index (χ2v) is 5.42. The van der Waals surface area contributed by atoms with E-state index in [-0.39, 0.29) is 10.9 Å². The maximum absolute atomic E-state index is 13.1. The first kappa shape index (κ1) is 11.9. The van der Waals surface area contributed by atoms with Crippen molar-refractivity contribution in [2.45, 2.75) is 0 Å². The van der Waals surface area contributed by atoms with Crippen LogP contribution in [0, 0.1) is 17.7 Å². The van der Waals surface area contributed by atoms with E-state index in [1.54, 1.807) is 0 Å². The van der Waals surface area contributed by atoms with Crippen LogP contribution in [0.15, 0.2) is 18.2 Å². The van der Waals surface area contributed by atoms with Crippen LogP contribution in [0.2, 0.25) is 5.02 Å². The maximum atomic E-state index is 13.1. The van der Waals surface area contributed by atoms with Crippen LogP contribution in [-0.2, 0) is 0 Å². The number of likely N-dealkylation sites (tertiary alicyclic amines) is 1. The first-order chi connectivity index (χ1) is 8.65. The quantitative estimate of drug-likeness (QED) is 0.842. The molecule has 5 heteroatoms. The third kappa shape index (κ3) is 1.99. The lowest BCUT2D eigenvalue weighted by Crippen LogP contribution is -2.31. The Labute approximate surface area is 110 Å². The average molecular weight is 269 g/mol. The Balaban J connectivity index is 1.77. The van der Waals surface area contributed by atoms with Crippen LogP contribution in [0.4, 0.5) is 4.39 Å². The van der Waals surface area contributed by atoms with Gasteiger partial charge in [0.15, 0.2) is 0 Å². The molecule has 0 aliphatic carbocycles. The van der Waals surface area contributed by atoms with E-state index in [0.717, 1.165) is 26.2 Å². The number of nitrogens with zero attached hydrogens (tertiary/aromatic N) is 1. The van der Waals surface area contributed by atoms with Crippen LogP contribution in [-0.4, -0.2) is 37.0 Å². The van der Waals surface area contributed by atoms with Crippen LogP contribution < -0.4 is 5.32 Å². The molecule has 2 aliphatic heterocycles. The van der Waals surface area contributed by atoms with Crippen molar-refractivity contribution in [2.75, 3.05) is 26.2 Å². The highest BCUT2D eigenvalue weighted by atomic mass is 35.5. The second-order valence-electron chi connectivity index (χ2n) is 5.02. The third-order valence-electron chi connectivity index (χ3n) is 3.84. The molecule has 0 saturated carbocycles. The summed E-state index contributed by atoms with van der Waals surface area (Å²) >= 11 is 5.70. The summed E-state index contributed by atoms with van der Waals surface area (Å²) in [4.78, 5) is 14.1. The predicted molar refractivity (Wildman–Crippen MR) is 67.2 cm³/mol. The largest absolute Gasteiger partial charge is 0.338 e. The molecule has 0 bridgehead atoms. The van der Waals surface area contributed by atoms with Gasteiger partial charge < -0.3 is 10.2 Å². The minimum absolute atomic E-state index is 0.00177. The number of carbonyl (C=O) groups is 1. The zero-order chi connectivity index (χ0) is 12.7. The van der Waals surface area contributed by atoms with E-state index in [1.165, 1.54) is 18.2 Å². The molecule has 18 heavy (non-hydrogen) atoms. The molecular formula is C13H14ClFN2O. The van der Waals surface area contributed by atoms with Gasteiger partial charge in [-0.05, 0) is 30.0 Å². The molecular weight excluding hydrogens is 255 g/mol. The Morgan fingerprint density at radius 3 is 2.61 bits per heavy atom. The average Bonchev–Trinajstić information content (AvgIpc) is 2.92. The second kappa shape index (κ2) is 4.52. The Kier molecular flexibility index (Phi) is 2.99. The number of benzene rings is 1. The number of carbonyl (C=O) groups excluding carboxylic acids is 1. The normalized spacial score (nSPS) is 26.4. The Hall–Kier alpha value is -1.13. The molecule has 1 amide bonds. The van der Waals surface area contributed by atoms with Crippen molar-refractivity contribution in [3.8, 4) is 0 Å². The molecule has 3 nitrogen and oxygen atoms in total. The van der Waals surface area contributed by atoms with Gasteiger partial charge in [0, 0.05) is 31.7 Å². The zero-order valence-corrected chi connectivity index (χ0v) is 10.6. The van der Waals surface area contributed by atoms with Crippen LogP contribution >= 0.6 is 11.6 Å². The molecule has 2 atom stereocenters. The van der Waals surface area contributed by atoms with E-state index in [9.17, 15) is 9.18 Å². The molecule has 0 spiro atoms. The van der Waals surface area contributed by atoms with Gasteiger partial charge in [-0.25, -0.2) is 4.39 Å². The van der Waals surface area contributed by atoms with Crippen molar-refractivity contribution in [1.29, 1.82) is 0 Å². The Morgan fingerprint density at radius 2 is 2.00 bits per heavy atom. The van der Waals surface area contributed by atoms with E-state index in [4.69, 9.17) is 11.6 Å². The van der Waals surface area contributed by atoms with E-state index < -0.39 is 5.82 Å². The van der Waals surface area contributed by atoms with Crippen molar-refractivity contribution in [3.05, 3.63) is 34.6 Å². The zero-order valence-electron chi connectivity index (χ0n) is 9.83. The van der Waals surface area contributed by atoms with Crippen molar-refractivity contribution >= 4 is 17.5 Å². The van der Waals surface area contributed by atoms with Gasteiger partial charge in [-0.1, -0.05) is 11.6 Å². The number of amides is 1. The van der Waals surface area contributed by atoms with Gasteiger partial charge in [0.2, 0.25) is 0 Å². The molecule has 2 saturated heterocycles. The summed E-state index contributed by atoms with van der Waals surface area (Å²) in [6, 6.07) is 4.15. The molecule has 2 aliphatic rings. The molecule has 2 fully saturated rings. The number of hydrogen-bond acceptors (Lipinski definition) is 2. The van der Waals surface area contributed by atoms with Gasteiger partial charge in [-0.2, -0.15) is 0 Å². The fourth-order valence-corrected chi connectivity index (χ4v) is 3.01. The topological polar surface area (TPSA) is 32.3 Å². The molecule has 96 valence electrons. The minimum atomic E-state index is -0.490. The van der Waals surface area contributed by atoms with Crippen molar-refractivity contribution in [3.63, 3.8) is 0 Å². The highest BCUT2D eigenvalue weighted by Crippen LogP contribution is 2.28. The van der Waals surface area contributed by atoms with Gasteiger partial charge in [0.05, 0.1) is 5.02 Å².